The molecule has 1 aromatic heterocycles. The minimum Gasteiger partial charge on any atom is -0.481 e. The van der Waals surface area contributed by atoms with E-state index < -0.39 is 43.0 Å². The number of imidazole rings is 1. The molecule has 1 aliphatic rings. The van der Waals surface area contributed by atoms with Crippen molar-refractivity contribution in [2.75, 3.05) is 13.1 Å². The van der Waals surface area contributed by atoms with E-state index in [1.807, 2.05) is 0 Å². The standard InChI is InChI=1S/C12H14F3N3O3/c13-12(14,15)9-6-18(5-8(9)11(20)21)10(19)1-3-17-4-2-16-7-17/h2,4,7-9H,1,3,5-6H2,(H,20,21)/t8-,9-/m1/s1. The van der Waals surface area contributed by atoms with Crippen molar-refractivity contribution in [2.24, 2.45) is 11.8 Å². The first-order chi connectivity index (χ1) is 9.79. The predicted octanol–water partition coefficient (Wildman–Crippen LogP) is 0.995. The number of likely N-dealkylation sites (tertiary alicyclic amines) is 1. The van der Waals surface area contributed by atoms with Crippen LogP contribution in [0.1, 0.15) is 6.42 Å². The highest BCUT2D eigenvalue weighted by Gasteiger charge is 2.53. The van der Waals surface area contributed by atoms with Crippen molar-refractivity contribution in [3.8, 4) is 0 Å². The molecule has 0 spiro atoms. The number of carboxylic acid groups (broad SMARTS) is 1. The number of aryl methyl sites for hydroxylation is 1. The number of carbonyl (C=O) groups is 2. The van der Waals surface area contributed by atoms with Crippen LogP contribution in [0.5, 0.6) is 0 Å². The van der Waals surface area contributed by atoms with E-state index >= 15 is 0 Å². The summed E-state index contributed by atoms with van der Waals surface area (Å²) in [4.78, 5) is 27.6. The molecule has 1 amide bonds. The molecule has 0 unspecified atom stereocenters. The summed E-state index contributed by atoms with van der Waals surface area (Å²) in [6.45, 7) is -0.699. The highest BCUT2D eigenvalue weighted by Crippen LogP contribution is 2.37. The molecule has 6 nitrogen and oxygen atoms in total. The predicted molar refractivity (Wildman–Crippen MR) is 64.1 cm³/mol. The Hall–Kier alpha value is -2.06. The second kappa shape index (κ2) is 5.74. The fourth-order valence-electron chi connectivity index (χ4n) is 2.39. The molecule has 1 N–H and O–H groups in total. The van der Waals surface area contributed by atoms with Gasteiger partial charge in [0.2, 0.25) is 5.91 Å². The molecule has 116 valence electrons. The Morgan fingerprint density at radius 3 is 2.52 bits per heavy atom. The van der Waals surface area contributed by atoms with Crippen LogP contribution in [0.4, 0.5) is 13.2 Å². The molecule has 2 heterocycles. The molecular weight excluding hydrogens is 291 g/mol. The van der Waals surface area contributed by atoms with Crippen molar-refractivity contribution in [3.05, 3.63) is 18.7 Å². The summed E-state index contributed by atoms with van der Waals surface area (Å²) >= 11 is 0. The van der Waals surface area contributed by atoms with E-state index in [-0.39, 0.29) is 6.42 Å². The minimum atomic E-state index is -4.62. The van der Waals surface area contributed by atoms with E-state index in [0.29, 0.717) is 6.54 Å². The lowest BCUT2D eigenvalue weighted by molar-refractivity contribution is -0.188. The van der Waals surface area contributed by atoms with E-state index in [2.05, 4.69) is 4.98 Å². The molecular formula is C12H14F3N3O3. The maximum absolute atomic E-state index is 12.8. The van der Waals surface area contributed by atoms with Crippen LogP contribution in [0.2, 0.25) is 0 Å². The van der Waals surface area contributed by atoms with Crippen LogP contribution in [0.3, 0.4) is 0 Å². The molecule has 1 fully saturated rings. The highest BCUT2D eigenvalue weighted by molar-refractivity contribution is 5.79. The number of amides is 1. The van der Waals surface area contributed by atoms with Crippen LogP contribution in [-0.4, -0.2) is 50.7 Å². The van der Waals surface area contributed by atoms with Crippen LogP contribution < -0.4 is 0 Å². The molecule has 1 saturated heterocycles. The molecule has 0 aromatic carbocycles. The van der Waals surface area contributed by atoms with Crippen LogP contribution in [0.15, 0.2) is 18.7 Å². The molecule has 0 radical (unpaired) electrons. The summed E-state index contributed by atoms with van der Waals surface area (Å²) in [5.41, 5.74) is 0. The SMILES string of the molecule is O=C(O)[C@@H]1CN(C(=O)CCn2ccnc2)C[C@H]1C(F)(F)F. The average Bonchev–Trinajstić information content (AvgIpc) is 3.04. The number of nitrogens with zero attached hydrogens (tertiary/aromatic N) is 3. The van der Waals surface area contributed by atoms with Crippen molar-refractivity contribution < 1.29 is 27.9 Å². The number of alkyl halides is 3. The third-order valence-electron chi connectivity index (χ3n) is 3.55. The normalized spacial score (nSPS) is 22.5. The van der Waals surface area contributed by atoms with Gasteiger partial charge >= 0.3 is 12.1 Å². The molecule has 0 aliphatic carbocycles. The number of hydrogen-bond acceptors (Lipinski definition) is 3. The largest absolute Gasteiger partial charge is 0.481 e. The Labute approximate surface area is 118 Å². The molecule has 9 heteroatoms. The van der Waals surface area contributed by atoms with Crippen LogP contribution in [0, 0.1) is 11.8 Å². The van der Waals surface area contributed by atoms with Crippen LogP contribution in [0.25, 0.3) is 0 Å². The Bertz CT molecular complexity index is 516. The van der Waals surface area contributed by atoms with Crippen molar-refractivity contribution >= 4 is 11.9 Å². The smallest absolute Gasteiger partial charge is 0.394 e. The third kappa shape index (κ3) is 3.53. The van der Waals surface area contributed by atoms with Gasteiger partial charge in [0.25, 0.3) is 0 Å². The first kappa shape index (κ1) is 15.3. The van der Waals surface area contributed by atoms with Crippen molar-refractivity contribution in [2.45, 2.75) is 19.1 Å². The van der Waals surface area contributed by atoms with E-state index in [4.69, 9.17) is 5.11 Å². The number of carboxylic acids is 1. The molecule has 21 heavy (non-hydrogen) atoms. The van der Waals surface area contributed by atoms with Gasteiger partial charge in [0, 0.05) is 38.4 Å². The summed E-state index contributed by atoms with van der Waals surface area (Å²) < 4.78 is 40.0. The monoisotopic (exact) mass is 305 g/mol. The Kier molecular flexibility index (Phi) is 4.19. The van der Waals surface area contributed by atoms with Crippen molar-refractivity contribution in [3.63, 3.8) is 0 Å². The van der Waals surface area contributed by atoms with Crippen LogP contribution in [-0.2, 0) is 16.1 Å². The van der Waals surface area contributed by atoms with Gasteiger partial charge in [0.05, 0.1) is 18.2 Å². The second-order valence-electron chi connectivity index (χ2n) is 4.94. The van der Waals surface area contributed by atoms with Gasteiger partial charge in [-0.15, -0.1) is 0 Å². The fourth-order valence-corrected chi connectivity index (χ4v) is 2.39. The Morgan fingerprint density at radius 2 is 2.05 bits per heavy atom. The van der Waals surface area contributed by atoms with Gasteiger partial charge in [-0.25, -0.2) is 4.98 Å². The van der Waals surface area contributed by atoms with E-state index in [9.17, 15) is 22.8 Å². The van der Waals surface area contributed by atoms with Gasteiger partial charge in [0.1, 0.15) is 0 Å². The molecule has 0 bridgehead atoms. The molecule has 1 aliphatic heterocycles. The summed E-state index contributed by atoms with van der Waals surface area (Å²) in [6, 6.07) is 0. The van der Waals surface area contributed by atoms with Gasteiger partial charge < -0.3 is 14.6 Å². The number of aromatic nitrogens is 2. The summed E-state index contributed by atoms with van der Waals surface area (Å²) in [7, 11) is 0. The Morgan fingerprint density at radius 1 is 1.33 bits per heavy atom. The second-order valence-corrected chi connectivity index (χ2v) is 4.94. The zero-order chi connectivity index (χ0) is 15.6. The van der Waals surface area contributed by atoms with Gasteiger partial charge in [-0.2, -0.15) is 13.2 Å². The molecule has 2 rings (SSSR count). The zero-order valence-electron chi connectivity index (χ0n) is 11.0. The Balaban J connectivity index is 1.98. The lowest BCUT2D eigenvalue weighted by Gasteiger charge is -2.18. The number of halogens is 3. The van der Waals surface area contributed by atoms with Crippen molar-refractivity contribution in [1.29, 1.82) is 0 Å². The first-order valence-electron chi connectivity index (χ1n) is 6.32. The topological polar surface area (TPSA) is 75.4 Å². The molecule has 1 aromatic rings. The van der Waals surface area contributed by atoms with Gasteiger partial charge in [-0.3, -0.25) is 9.59 Å². The molecule has 2 atom stereocenters. The number of carbonyl (C=O) groups excluding carboxylic acids is 1. The number of aliphatic carboxylic acids is 1. The average molecular weight is 305 g/mol. The number of rotatable bonds is 4. The number of hydrogen-bond donors (Lipinski definition) is 1. The van der Waals surface area contributed by atoms with Gasteiger partial charge in [0.15, 0.2) is 0 Å². The van der Waals surface area contributed by atoms with E-state index in [1.54, 1.807) is 10.8 Å². The van der Waals surface area contributed by atoms with E-state index in [0.717, 1.165) is 4.90 Å². The summed E-state index contributed by atoms with van der Waals surface area (Å²) in [5.74, 6) is -5.61. The summed E-state index contributed by atoms with van der Waals surface area (Å²) in [5, 5.41) is 8.88. The highest BCUT2D eigenvalue weighted by atomic mass is 19.4. The quantitative estimate of drug-likeness (QED) is 0.900. The third-order valence-corrected chi connectivity index (χ3v) is 3.55. The minimum absolute atomic E-state index is 0.00722. The van der Waals surface area contributed by atoms with Crippen LogP contribution >= 0.6 is 0 Å². The van der Waals surface area contributed by atoms with Gasteiger partial charge in [-0.05, 0) is 0 Å². The van der Waals surface area contributed by atoms with E-state index in [1.165, 1.54) is 12.5 Å². The van der Waals surface area contributed by atoms with Gasteiger partial charge in [-0.1, -0.05) is 0 Å². The fraction of sp³-hybridized carbons (Fsp3) is 0.583. The first-order valence-corrected chi connectivity index (χ1v) is 6.32. The lowest BCUT2D eigenvalue weighted by atomic mass is 9.96. The molecule has 0 saturated carbocycles. The maximum atomic E-state index is 12.8. The zero-order valence-corrected chi connectivity index (χ0v) is 11.0. The van der Waals surface area contributed by atoms with Crippen molar-refractivity contribution in [1.82, 2.24) is 14.5 Å². The summed E-state index contributed by atoms with van der Waals surface area (Å²) in [6.07, 6.45) is 0.0435. The lowest BCUT2D eigenvalue weighted by Crippen LogP contribution is -2.34. The maximum Gasteiger partial charge on any atom is 0.394 e.